The van der Waals surface area contributed by atoms with Crippen molar-refractivity contribution in [1.29, 1.82) is 0 Å². The van der Waals surface area contributed by atoms with Crippen molar-refractivity contribution in [2.45, 2.75) is 24.4 Å². The zero-order valence-electron chi connectivity index (χ0n) is 15.7. The second-order valence-electron chi connectivity index (χ2n) is 7.50. The predicted molar refractivity (Wildman–Crippen MR) is 103 cm³/mol. The number of ether oxygens (including phenoxy) is 1. The molecule has 0 aromatic heterocycles. The maximum Gasteiger partial charge on any atom is 0.250 e. The Kier molecular flexibility index (Phi) is 4.84. The van der Waals surface area contributed by atoms with Gasteiger partial charge in [0, 0.05) is 25.1 Å². The minimum atomic E-state index is -1.43. The smallest absolute Gasteiger partial charge is 0.250 e. The van der Waals surface area contributed by atoms with Crippen molar-refractivity contribution in [3.63, 3.8) is 0 Å². The topological polar surface area (TPSA) is 131 Å². The second kappa shape index (κ2) is 7.08. The molecule has 2 saturated heterocycles. The molecule has 2 fully saturated rings. The van der Waals surface area contributed by atoms with E-state index in [9.17, 15) is 19.2 Å². The van der Waals surface area contributed by atoms with E-state index in [-0.39, 0.29) is 31.9 Å². The zero-order chi connectivity index (χ0) is 20.9. The maximum absolute atomic E-state index is 13.3. The van der Waals surface area contributed by atoms with Gasteiger partial charge in [0.15, 0.2) is 0 Å². The van der Waals surface area contributed by atoms with Gasteiger partial charge < -0.3 is 15.8 Å². The summed E-state index contributed by atoms with van der Waals surface area (Å²) in [4.78, 5) is 52.1. The lowest BCUT2D eigenvalue weighted by Crippen LogP contribution is -2.53. The Bertz CT molecular complexity index is 922. The Hall–Kier alpha value is -2.49. The number of likely N-dealkylation sites (tertiary alicyclic amines) is 1. The van der Waals surface area contributed by atoms with Crippen molar-refractivity contribution in [3.05, 3.63) is 28.8 Å². The summed E-state index contributed by atoms with van der Waals surface area (Å²) in [7, 11) is 1.48. The number of primary amides is 1. The first-order valence-corrected chi connectivity index (χ1v) is 9.71. The number of anilines is 1. The van der Waals surface area contributed by atoms with E-state index in [0.717, 1.165) is 4.90 Å². The fourth-order valence-corrected chi connectivity index (χ4v) is 5.02. The summed E-state index contributed by atoms with van der Waals surface area (Å²) in [6, 6.07) is 4.49. The summed E-state index contributed by atoms with van der Waals surface area (Å²) >= 11 is 6.26. The van der Waals surface area contributed by atoms with Gasteiger partial charge >= 0.3 is 0 Å². The Morgan fingerprint density at radius 1 is 1.31 bits per heavy atom. The van der Waals surface area contributed by atoms with Gasteiger partial charge in [-0.3, -0.25) is 29.4 Å². The average molecular weight is 421 g/mol. The van der Waals surface area contributed by atoms with Crippen LogP contribution in [0.25, 0.3) is 0 Å². The summed E-state index contributed by atoms with van der Waals surface area (Å²) < 4.78 is 5.02. The number of carbonyl (C=O) groups excluding carboxylic acids is 4. The molecular weight excluding hydrogens is 400 g/mol. The van der Waals surface area contributed by atoms with E-state index in [1.165, 1.54) is 7.11 Å². The van der Waals surface area contributed by atoms with E-state index in [4.69, 9.17) is 22.1 Å². The third-order valence-corrected chi connectivity index (χ3v) is 6.33. The number of carbonyl (C=O) groups is 4. The number of halogens is 1. The molecule has 4 atom stereocenters. The Morgan fingerprint density at radius 2 is 2.07 bits per heavy atom. The van der Waals surface area contributed by atoms with E-state index < -0.39 is 41.1 Å². The van der Waals surface area contributed by atoms with Gasteiger partial charge in [-0.2, -0.15) is 0 Å². The number of benzene rings is 1. The van der Waals surface area contributed by atoms with Gasteiger partial charge in [-0.25, -0.2) is 0 Å². The van der Waals surface area contributed by atoms with Crippen LogP contribution in [0.1, 0.15) is 18.4 Å². The first-order chi connectivity index (χ1) is 13.8. The van der Waals surface area contributed by atoms with Gasteiger partial charge in [0.25, 0.3) is 0 Å². The van der Waals surface area contributed by atoms with Crippen LogP contribution in [0.4, 0.5) is 5.69 Å². The number of nitrogens with one attached hydrogen (secondary N) is 2. The Labute approximate surface area is 171 Å². The standard InChI is InChI=1S/C19H21ClN4O5/c1-29-8-7-24-16(26)13-11(5-6-12(21)25)23-19(14(13)17(24)27)9-3-2-4-10(20)15(9)22-18(19)28/h2-4,11,13-14,23H,5-8H2,1H3,(H2,21,25)(H,22,28). The highest BCUT2D eigenvalue weighted by atomic mass is 35.5. The molecule has 10 heteroatoms. The minimum Gasteiger partial charge on any atom is -0.383 e. The molecule has 154 valence electrons. The third-order valence-electron chi connectivity index (χ3n) is 6.01. The van der Waals surface area contributed by atoms with Gasteiger partial charge in [0.2, 0.25) is 23.6 Å². The number of nitrogens with zero attached hydrogens (tertiary/aromatic N) is 1. The summed E-state index contributed by atoms with van der Waals surface area (Å²) in [5.74, 6) is -3.49. The number of methoxy groups -OCH3 is 1. The second-order valence-corrected chi connectivity index (χ2v) is 7.91. The predicted octanol–water partition coefficient (Wildman–Crippen LogP) is -0.0277. The summed E-state index contributed by atoms with van der Waals surface area (Å²) in [6.07, 6.45) is 0.263. The monoisotopic (exact) mass is 420 g/mol. The summed E-state index contributed by atoms with van der Waals surface area (Å²) in [6.45, 7) is 0.293. The number of imide groups is 1. The molecule has 3 aliphatic rings. The quantitative estimate of drug-likeness (QED) is 0.554. The Morgan fingerprint density at radius 3 is 2.76 bits per heavy atom. The number of fused-ring (bicyclic) bond motifs is 4. The van der Waals surface area contributed by atoms with Gasteiger partial charge in [-0.05, 0) is 12.5 Å². The molecule has 9 nitrogen and oxygen atoms in total. The lowest BCUT2D eigenvalue weighted by atomic mass is 9.76. The molecule has 0 saturated carbocycles. The molecule has 1 spiro atoms. The van der Waals surface area contributed by atoms with Crippen LogP contribution in [0.15, 0.2) is 18.2 Å². The fourth-order valence-electron chi connectivity index (χ4n) is 4.80. The molecule has 4 unspecified atom stereocenters. The molecular formula is C19H21ClN4O5. The highest BCUT2D eigenvalue weighted by molar-refractivity contribution is 6.35. The van der Waals surface area contributed by atoms with E-state index in [2.05, 4.69) is 10.6 Å². The first kappa shape index (κ1) is 19.8. The van der Waals surface area contributed by atoms with Gasteiger partial charge in [0.1, 0.15) is 5.54 Å². The third kappa shape index (κ3) is 2.76. The number of para-hydroxylation sites is 1. The van der Waals surface area contributed by atoms with Gasteiger partial charge in [-0.15, -0.1) is 0 Å². The van der Waals surface area contributed by atoms with E-state index in [0.29, 0.717) is 16.3 Å². The molecule has 0 aliphatic carbocycles. The summed E-state index contributed by atoms with van der Waals surface area (Å²) in [5, 5.41) is 6.32. The van der Waals surface area contributed by atoms with Crippen molar-refractivity contribution in [3.8, 4) is 0 Å². The number of nitrogens with two attached hydrogens (primary N) is 1. The molecule has 3 heterocycles. The molecule has 1 aromatic rings. The van der Waals surface area contributed by atoms with Crippen LogP contribution >= 0.6 is 11.6 Å². The molecule has 1 aromatic carbocycles. The lowest BCUT2D eigenvalue weighted by molar-refractivity contribution is -0.143. The maximum atomic E-state index is 13.3. The molecule has 3 aliphatic heterocycles. The van der Waals surface area contributed by atoms with E-state index >= 15 is 0 Å². The minimum absolute atomic E-state index is 0.0283. The molecule has 29 heavy (non-hydrogen) atoms. The number of rotatable bonds is 6. The zero-order valence-corrected chi connectivity index (χ0v) is 16.5. The molecule has 0 radical (unpaired) electrons. The van der Waals surface area contributed by atoms with Crippen LogP contribution in [0.2, 0.25) is 5.02 Å². The lowest BCUT2D eigenvalue weighted by Gasteiger charge is -2.29. The molecule has 4 N–H and O–H groups in total. The number of amides is 4. The van der Waals surface area contributed by atoms with Crippen LogP contribution in [0, 0.1) is 11.8 Å². The molecule has 0 bridgehead atoms. The van der Waals surface area contributed by atoms with Crippen molar-refractivity contribution in [1.82, 2.24) is 10.2 Å². The molecule has 4 amide bonds. The highest BCUT2D eigenvalue weighted by Crippen LogP contribution is 2.54. The SMILES string of the molecule is COCCN1C(=O)C2C(CCC(N)=O)NC3(C(=O)Nc4c(Cl)cccc43)C2C1=O. The van der Waals surface area contributed by atoms with Gasteiger partial charge in [-0.1, -0.05) is 23.7 Å². The Balaban J connectivity index is 1.81. The number of hydrogen-bond donors (Lipinski definition) is 3. The summed E-state index contributed by atoms with van der Waals surface area (Å²) in [5.41, 5.74) is 4.82. The van der Waals surface area contributed by atoms with Crippen LogP contribution in [-0.2, 0) is 29.5 Å². The van der Waals surface area contributed by atoms with Crippen LogP contribution in [0.5, 0.6) is 0 Å². The van der Waals surface area contributed by atoms with Gasteiger partial charge in [0.05, 0.1) is 35.7 Å². The van der Waals surface area contributed by atoms with Crippen molar-refractivity contribution in [2.24, 2.45) is 17.6 Å². The van der Waals surface area contributed by atoms with E-state index in [1.54, 1.807) is 18.2 Å². The fraction of sp³-hybridized carbons (Fsp3) is 0.474. The first-order valence-electron chi connectivity index (χ1n) is 9.33. The van der Waals surface area contributed by atoms with E-state index in [1.807, 2.05) is 0 Å². The van der Waals surface area contributed by atoms with Crippen molar-refractivity contribution >= 4 is 40.9 Å². The molecule has 4 rings (SSSR count). The normalized spacial score (nSPS) is 30.1. The highest BCUT2D eigenvalue weighted by Gasteiger charge is 2.70. The van der Waals surface area contributed by atoms with Crippen LogP contribution < -0.4 is 16.4 Å². The largest absolute Gasteiger partial charge is 0.383 e. The average Bonchev–Trinajstić information content (AvgIpc) is 3.25. The van der Waals surface area contributed by atoms with Crippen LogP contribution in [0.3, 0.4) is 0 Å². The van der Waals surface area contributed by atoms with Crippen LogP contribution in [-0.4, -0.2) is 54.8 Å². The number of hydrogen-bond acceptors (Lipinski definition) is 6. The van der Waals surface area contributed by atoms with Crippen molar-refractivity contribution in [2.75, 3.05) is 25.6 Å². The van der Waals surface area contributed by atoms with Crippen molar-refractivity contribution < 1.29 is 23.9 Å².